The standard InChI is InChI=1S/C18H21NO2/c1-13(2)21-17-9-7-16(8-10-17)18(20)19-12-15-6-4-5-14(3)11-15/h4-11,13H,12H2,1-3H3,(H,19,20). The minimum Gasteiger partial charge on any atom is -0.491 e. The van der Waals surface area contributed by atoms with Crippen LogP contribution in [0.2, 0.25) is 0 Å². The number of nitrogens with one attached hydrogen (secondary N) is 1. The smallest absolute Gasteiger partial charge is 0.251 e. The number of rotatable bonds is 5. The molecule has 0 fully saturated rings. The molecule has 0 saturated heterocycles. The first-order valence-corrected chi connectivity index (χ1v) is 7.15. The Kier molecular flexibility index (Phi) is 4.99. The van der Waals surface area contributed by atoms with Crippen molar-refractivity contribution in [3.05, 3.63) is 65.2 Å². The Morgan fingerprint density at radius 2 is 1.86 bits per heavy atom. The van der Waals surface area contributed by atoms with Crippen LogP contribution in [-0.2, 0) is 6.54 Å². The van der Waals surface area contributed by atoms with Crippen LogP contribution in [0.3, 0.4) is 0 Å². The topological polar surface area (TPSA) is 38.3 Å². The highest BCUT2D eigenvalue weighted by atomic mass is 16.5. The Morgan fingerprint density at radius 1 is 1.14 bits per heavy atom. The predicted octanol–water partition coefficient (Wildman–Crippen LogP) is 3.71. The second-order valence-corrected chi connectivity index (χ2v) is 5.36. The van der Waals surface area contributed by atoms with Crippen molar-refractivity contribution in [2.75, 3.05) is 0 Å². The number of ether oxygens (including phenoxy) is 1. The number of amides is 1. The van der Waals surface area contributed by atoms with Gasteiger partial charge < -0.3 is 10.1 Å². The van der Waals surface area contributed by atoms with Crippen molar-refractivity contribution >= 4 is 5.91 Å². The minimum atomic E-state index is -0.0763. The van der Waals surface area contributed by atoms with Crippen molar-refractivity contribution in [1.82, 2.24) is 5.32 Å². The molecular formula is C18H21NO2. The fraction of sp³-hybridized carbons (Fsp3) is 0.278. The van der Waals surface area contributed by atoms with Crippen LogP contribution in [0, 0.1) is 6.92 Å². The Labute approximate surface area is 126 Å². The van der Waals surface area contributed by atoms with Gasteiger partial charge >= 0.3 is 0 Å². The lowest BCUT2D eigenvalue weighted by Crippen LogP contribution is -2.22. The predicted molar refractivity (Wildman–Crippen MR) is 84.6 cm³/mol. The highest BCUT2D eigenvalue weighted by Crippen LogP contribution is 2.14. The molecule has 2 rings (SSSR count). The van der Waals surface area contributed by atoms with Crippen LogP contribution in [0.1, 0.15) is 35.3 Å². The molecule has 0 bridgehead atoms. The van der Waals surface area contributed by atoms with Gasteiger partial charge in [-0.2, -0.15) is 0 Å². The third-order valence-corrected chi connectivity index (χ3v) is 3.02. The fourth-order valence-electron chi connectivity index (χ4n) is 2.06. The average molecular weight is 283 g/mol. The molecule has 3 nitrogen and oxygen atoms in total. The van der Waals surface area contributed by atoms with Crippen LogP contribution in [0.5, 0.6) is 5.75 Å². The van der Waals surface area contributed by atoms with Gasteiger partial charge in [0.15, 0.2) is 0 Å². The summed E-state index contributed by atoms with van der Waals surface area (Å²) in [5.74, 6) is 0.702. The molecule has 0 aliphatic heterocycles. The van der Waals surface area contributed by atoms with E-state index in [1.165, 1.54) is 5.56 Å². The van der Waals surface area contributed by atoms with Gasteiger partial charge in [-0.05, 0) is 50.6 Å². The lowest BCUT2D eigenvalue weighted by molar-refractivity contribution is 0.0951. The molecule has 0 aromatic heterocycles. The third-order valence-electron chi connectivity index (χ3n) is 3.02. The van der Waals surface area contributed by atoms with Gasteiger partial charge in [0.2, 0.25) is 0 Å². The highest BCUT2D eigenvalue weighted by Gasteiger charge is 2.06. The molecule has 0 aliphatic rings. The summed E-state index contributed by atoms with van der Waals surface area (Å²) in [7, 11) is 0. The molecule has 0 heterocycles. The van der Waals surface area contributed by atoms with Gasteiger partial charge in [0, 0.05) is 12.1 Å². The van der Waals surface area contributed by atoms with Gasteiger partial charge in [-0.15, -0.1) is 0 Å². The van der Waals surface area contributed by atoms with E-state index in [9.17, 15) is 4.79 Å². The SMILES string of the molecule is Cc1cccc(CNC(=O)c2ccc(OC(C)C)cc2)c1. The van der Waals surface area contributed by atoms with Crippen LogP contribution >= 0.6 is 0 Å². The number of hydrogen-bond acceptors (Lipinski definition) is 2. The normalized spacial score (nSPS) is 10.5. The van der Waals surface area contributed by atoms with E-state index in [0.717, 1.165) is 11.3 Å². The second kappa shape index (κ2) is 6.93. The zero-order valence-corrected chi connectivity index (χ0v) is 12.7. The summed E-state index contributed by atoms with van der Waals surface area (Å²) < 4.78 is 5.56. The first kappa shape index (κ1) is 15.1. The van der Waals surface area contributed by atoms with Crippen LogP contribution in [0.15, 0.2) is 48.5 Å². The lowest BCUT2D eigenvalue weighted by Gasteiger charge is -2.10. The number of hydrogen-bond donors (Lipinski definition) is 1. The third kappa shape index (κ3) is 4.63. The van der Waals surface area contributed by atoms with Gasteiger partial charge in [0.05, 0.1) is 6.10 Å². The minimum absolute atomic E-state index is 0.0763. The number of benzene rings is 2. The van der Waals surface area contributed by atoms with E-state index >= 15 is 0 Å². The maximum Gasteiger partial charge on any atom is 0.251 e. The monoisotopic (exact) mass is 283 g/mol. The van der Waals surface area contributed by atoms with E-state index in [1.54, 1.807) is 12.1 Å². The molecule has 110 valence electrons. The largest absolute Gasteiger partial charge is 0.491 e. The molecule has 0 radical (unpaired) electrons. The zero-order valence-electron chi connectivity index (χ0n) is 12.7. The molecule has 0 spiro atoms. The number of carbonyl (C=O) groups excluding carboxylic acids is 1. The van der Waals surface area contributed by atoms with Gasteiger partial charge in [0.25, 0.3) is 5.91 Å². The summed E-state index contributed by atoms with van der Waals surface area (Å²) in [5.41, 5.74) is 2.93. The van der Waals surface area contributed by atoms with E-state index in [-0.39, 0.29) is 12.0 Å². The molecule has 0 saturated carbocycles. The van der Waals surface area contributed by atoms with Crippen molar-refractivity contribution in [2.45, 2.75) is 33.4 Å². The Morgan fingerprint density at radius 3 is 2.48 bits per heavy atom. The van der Waals surface area contributed by atoms with Crippen LogP contribution in [-0.4, -0.2) is 12.0 Å². The Hall–Kier alpha value is -2.29. The van der Waals surface area contributed by atoms with Gasteiger partial charge in [-0.3, -0.25) is 4.79 Å². The first-order chi connectivity index (χ1) is 10.0. The first-order valence-electron chi connectivity index (χ1n) is 7.15. The van der Waals surface area contributed by atoms with Gasteiger partial charge in [-0.25, -0.2) is 0 Å². The number of aryl methyl sites for hydroxylation is 1. The average Bonchev–Trinajstić information content (AvgIpc) is 2.45. The maximum atomic E-state index is 12.1. The molecule has 1 amide bonds. The van der Waals surface area contributed by atoms with Gasteiger partial charge in [-0.1, -0.05) is 29.8 Å². The quantitative estimate of drug-likeness (QED) is 0.908. The van der Waals surface area contributed by atoms with Crippen LogP contribution in [0.25, 0.3) is 0 Å². The van der Waals surface area contributed by atoms with Crippen molar-refractivity contribution < 1.29 is 9.53 Å². The summed E-state index contributed by atoms with van der Waals surface area (Å²) in [4.78, 5) is 12.1. The molecule has 2 aromatic carbocycles. The zero-order chi connectivity index (χ0) is 15.2. The molecule has 1 N–H and O–H groups in total. The van der Waals surface area contributed by atoms with E-state index in [0.29, 0.717) is 12.1 Å². The molecule has 0 atom stereocenters. The fourth-order valence-corrected chi connectivity index (χ4v) is 2.06. The number of carbonyl (C=O) groups is 1. The van der Waals surface area contributed by atoms with E-state index in [1.807, 2.05) is 51.1 Å². The molecule has 3 heteroatoms. The molecular weight excluding hydrogens is 262 g/mol. The lowest BCUT2D eigenvalue weighted by atomic mass is 10.1. The molecule has 21 heavy (non-hydrogen) atoms. The van der Waals surface area contributed by atoms with Crippen molar-refractivity contribution in [3.8, 4) is 5.75 Å². The molecule has 0 aliphatic carbocycles. The highest BCUT2D eigenvalue weighted by molar-refractivity contribution is 5.94. The Bertz CT molecular complexity index is 603. The summed E-state index contributed by atoms with van der Waals surface area (Å²) in [6.07, 6.45) is 0.131. The van der Waals surface area contributed by atoms with Crippen LogP contribution < -0.4 is 10.1 Å². The van der Waals surface area contributed by atoms with E-state index < -0.39 is 0 Å². The van der Waals surface area contributed by atoms with E-state index in [2.05, 4.69) is 11.4 Å². The summed E-state index contributed by atoms with van der Waals surface area (Å²) in [5, 5.41) is 2.92. The summed E-state index contributed by atoms with van der Waals surface area (Å²) in [6, 6.07) is 15.3. The maximum absolute atomic E-state index is 12.1. The van der Waals surface area contributed by atoms with Crippen molar-refractivity contribution in [2.24, 2.45) is 0 Å². The van der Waals surface area contributed by atoms with Gasteiger partial charge in [0.1, 0.15) is 5.75 Å². The Balaban J connectivity index is 1.94. The second-order valence-electron chi connectivity index (χ2n) is 5.36. The molecule has 0 unspecified atom stereocenters. The van der Waals surface area contributed by atoms with Crippen molar-refractivity contribution in [1.29, 1.82) is 0 Å². The summed E-state index contributed by atoms with van der Waals surface area (Å²) >= 11 is 0. The summed E-state index contributed by atoms with van der Waals surface area (Å²) in [6.45, 7) is 6.52. The van der Waals surface area contributed by atoms with Crippen molar-refractivity contribution in [3.63, 3.8) is 0 Å². The van der Waals surface area contributed by atoms with E-state index in [4.69, 9.17) is 4.74 Å². The van der Waals surface area contributed by atoms with Crippen LogP contribution in [0.4, 0.5) is 0 Å². The molecule has 2 aromatic rings.